The van der Waals surface area contributed by atoms with Crippen molar-refractivity contribution >= 4 is 28.1 Å². The van der Waals surface area contributed by atoms with Crippen molar-refractivity contribution in [3.63, 3.8) is 0 Å². The van der Waals surface area contributed by atoms with Crippen molar-refractivity contribution in [2.45, 2.75) is 33.2 Å². The number of ether oxygens (including phenoxy) is 2. The minimum absolute atomic E-state index is 0.0211. The molecule has 0 N–H and O–H groups in total. The topological polar surface area (TPSA) is 79.5 Å². The second-order valence-corrected chi connectivity index (χ2v) is 8.03. The van der Waals surface area contributed by atoms with Gasteiger partial charge >= 0.3 is 0 Å². The van der Waals surface area contributed by atoms with Gasteiger partial charge in [0.25, 0.3) is 11.1 Å². The van der Waals surface area contributed by atoms with Crippen molar-refractivity contribution in [3.05, 3.63) is 92.5 Å². The van der Waals surface area contributed by atoms with E-state index in [4.69, 9.17) is 9.47 Å². The Balaban J connectivity index is 0.000000160. The number of nitrogens with zero attached hydrogens (tertiary/aromatic N) is 2. The molecule has 4 aromatic rings. The molecule has 7 nitrogen and oxygen atoms in total. The third-order valence-electron chi connectivity index (χ3n) is 5.58. The first-order valence-electron chi connectivity index (χ1n) is 10.8. The normalized spacial score (nSPS) is 13.8. The summed E-state index contributed by atoms with van der Waals surface area (Å²) in [5, 5.41) is 2.03. The quantitative estimate of drug-likeness (QED) is 0.450. The summed E-state index contributed by atoms with van der Waals surface area (Å²) in [6.07, 6.45) is 0.428. The molecule has 1 saturated heterocycles. The van der Waals surface area contributed by atoms with Gasteiger partial charge in [0.2, 0.25) is 0 Å². The number of rotatable bonds is 4. The number of aromatic nitrogens is 2. The summed E-state index contributed by atoms with van der Waals surface area (Å²) in [7, 11) is 0. The molecular weight excluding hydrogens is 420 g/mol. The number of carbonyl (C=O) groups is 1. The van der Waals surface area contributed by atoms with E-state index >= 15 is 0 Å². The highest BCUT2D eigenvalue weighted by Gasteiger charge is 2.18. The second kappa shape index (κ2) is 9.94. The fourth-order valence-electron chi connectivity index (χ4n) is 3.91. The van der Waals surface area contributed by atoms with Crippen molar-refractivity contribution in [1.29, 1.82) is 0 Å². The molecule has 0 saturated carbocycles. The number of pyridine rings is 2. The number of hydrogen-bond donors (Lipinski definition) is 0. The van der Waals surface area contributed by atoms with E-state index < -0.39 is 0 Å². The highest BCUT2D eigenvalue weighted by atomic mass is 16.7. The van der Waals surface area contributed by atoms with E-state index in [1.54, 1.807) is 16.7 Å². The maximum absolute atomic E-state index is 12.0. The maximum atomic E-state index is 12.0. The van der Waals surface area contributed by atoms with E-state index in [1.807, 2.05) is 56.3 Å². The molecule has 1 fully saturated rings. The van der Waals surface area contributed by atoms with Crippen LogP contribution in [-0.4, -0.2) is 34.9 Å². The van der Waals surface area contributed by atoms with Gasteiger partial charge in [-0.1, -0.05) is 24.3 Å². The number of benzene rings is 2. The van der Waals surface area contributed by atoms with E-state index in [0.717, 1.165) is 39.2 Å². The molecule has 33 heavy (non-hydrogen) atoms. The molecule has 0 amide bonds. The van der Waals surface area contributed by atoms with Crippen molar-refractivity contribution in [2.75, 3.05) is 13.2 Å². The molecule has 0 radical (unpaired) electrons. The highest BCUT2D eigenvalue weighted by Crippen LogP contribution is 2.16. The van der Waals surface area contributed by atoms with Crippen LogP contribution in [0.15, 0.2) is 70.3 Å². The van der Waals surface area contributed by atoms with Crippen LogP contribution in [0.5, 0.6) is 0 Å². The molecule has 0 atom stereocenters. The Bertz CT molecular complexity index is 1410. The number of fused-ring (bicyclic) bond motifs is 2. The molecule has 170 valence electrons. The summed E-state index contributed by atoms with van der Waals surface area (Å²) in [4.78, 5) is 34.0. The third-order valence-corrected chi connectivity index (χ3v) is 5.58. The fourth-order valence-corrected chi connectivity index (χ4v) is 3.91. The lowest BCUT2D eigenvalue weighted by atomic mass is 10.1. The molecule has 7 heteroatoms. The Morgan fingerprint density at radius 2 is 1.27 bits per heavy atom. The number of aldehydes is 1. The molecule has 1 aliphatic rings. The van der Waals surface area contributed by atoms with Gasteiger partial charge in [0.1, 0.15) is 6.29 Å². The van der Waals surface area contributed by atoms with Crippen molar-refractivity contribution in [3.8, 4) is 0 Å². The van der Waals surface area contributed by atoms with Gasteiger partial charge in [-0.25, -0.2) is 0 Å². The van der Waals surface area contributed by atoms with Gasteiger partial charge in [-0.15, -0.1) is 0 Å². The Morgan fingerprint density at radius 1 is 0.788 bits per heavy atom. The molecule has 2 aromatic carbocycles. The summed E-state index contributed by atoms with van der Waals surface area (Å²) in [6, 6.07) is 18.6. The van der Waals surface area contributed by atoms with E-state index in [9.17, 15) is 14.4 Å². The van der Waals surface area contributed by atoms with Crippen LogP contribution in [0.2, 0.25) is 0 Å². The minimum atomic E-state index is -0.311. The van der Waals surface area contributed by atoms with Gasteiger partial charge in [-0.2, -0.15) is 0 Å². The maximum Gasteiger partial charge on any atom is 0.251 e. The lowest BCUT2D eigenvalue weighted by Crippen LogP contribution is -2.26. The second-order valence-electron chi connectivity index (χ2n) is 8.03. The van der Waals surface area contributed by atoms with Gasteiger partial charge in [-0.3, -0.25) is 9.59 Å². The van der Waals surface area contributed by atoms with Crippen LogP contribution in [0.25, 0.3) is 21.8 Å². The lowest BCUT2D eigenvalue weighted by Gasteiger charge is -2.14. The molecule has 5 rings (SSSR count). The third kappa shape index (κ3) is 5.10. The van der Waals surface area contributed by atoms with Gasteiger partial charge < -0.3 is 23.4 Å². The summed E-state index contributed by atoms with van der Waals surface area (Å²) in [5.41, 5.74) is 3.80. The van der Waals surface area contributed by atoms with Gasteiger partial charge in [-0.05, 0) is 60.0 Å². The zero-order chi connectivity index (χ0) is 23.4. The Morgan fingerprint density at radius 3 is 1.82 bits per heavy atom. The Kier molecular flexibility index (Phi) is 6.82. The first-order chi connectivity index (χ1) is 16.0. The Hall–Kier alpha value is -3.55. The SMILES string of the molecule is Cc1ccc2ccc(=O)n(CC3OCCO3)c2c1.Cc1ccc2ccc(=O)n(CC=O)c2c1. The van der Waals surface area contributed by atoms with Gasteiger partial charge in [0.15, 0.2) is 6.29 Å². The van der Waals surface area contributed by atoms with Crippen molar-refractivity contribution in [2.24, 2.45) is 0 Å². The number of carbonyl (C=O) groups excluding carboxylic acids is 1. The van der Waals surface area contributed by atoms with E-state index in [0.29, 0.717) is 19.8 Å². The van der Waals surface area contributed by atoms with Crippen LogP contribution in [0.4, 0.5) is 0 Å². The average molecular weight is 447 g/mol. The summed E-state index contributed by atoms with van der Waals surface area (Å²) in [6.45, 7) is 5.73. The number of aryl methyl sites for hydroxylation is 2. The molecule has 3 heterocycles. The highest BCUT2D eigenvalue weighted by molar-refractivity contribution is 5.80. The van der Waals surface area contributed by atoms with Crippen LogP contribution in [0.3, 0.4) is 0 Å². The first-order valence-corrected chi connectivity index (χ1v) is 10.8. The zero-order valence-electron chi connectivity index (χ0n) is 18.7. The summed E-state index contributed by atoms with van der Waals surface area (Å²) >= 11 is 0. The minimum Gasteiger partial charge on any atom is -0.348 e. The predicted molar refractivity (Wildman–Crippen MR) is 128 cm³/mol. The molecular formula is C26H26N2O5. The first kappa shape index (κ1) is 22.6. The molecule has 0 spiro atoms. The largest absolute Gasteiger partial charge is 0.348 e. The lowest BCUT2D eigenvalue weighted by molar-refractivity contribution is -0.108. The van der Waals surface area contributed by atoms with Gasteiger partial charge in [0.05, 0.1) is 37.3 Å². The van der Waals surface area contributed by atoms with Crippen molar-refractivity contribution in [1.82, 2.24) is 9.13 Å². The van der Waals surface area contributed by atoms with Crippen molar-refractivity contribution < 1.29 is 14.3 Å². The van der Waals surface area contributed by atoms with Crippen LogP contribution >= 0.6 is 0 Å². The standard InChI is InChI=1S/C14H15NO3.C12H11NO2/c1-10-2-3-11-4-5-13(16)15(12(11)8-10)9-14-17-6-7-18-14;1-9-2-3-10-4-5-12(15)13(6-7-14)11(10)8-9/h2-5,8,14H,6-7,9H2,1H3;2-5,7-8H,6H2,1H3. The monoisotopic (exact) mass is 446 g/mol. The molecule has 0 bridgehead atoms. The molecule has 2 aromatic heterocycles. The zero-order valence-corrected chi connectivity index (χ0v) is 18.7. The Labute approximate surface area is 190 Å². The van der Waals surface area contributed by atoms with Crippen LogP contribution < -0.4 is 11.1 Å². The van der Waals surface area contributed by atoms with Gasteiger partial charge in [0, 0.05) is 12.1 Å². The van der Waals surface area contributed by atoms with Crippen LogP contribution in [0, 0.1) is 13.8 Å². The molecule has 0 unspecified atom stereocenters. The summed E-state index contributed by atoms with van der Waals surface area (Å²) in [5.74, 6) is 0. The van der Waals surface area contributed by atoms with Crippen LogP contribution in [-0.2, 0) is 27.4 Å². The molecule has 1 aliphatic heterocycles. The van der Waals surface area contributed by atoms with E-state index in [-0.39, 0.29) is 24.0 Å². The van der Waals surface area contributed by atoms with E-state index in [2.05, 4.69) is 0 Å². The summed E-state index contributed by atoms with van der Waals surface area (Å²) < 4.78 is 14.0. The van der Waals surface area contributed by atoms with E-state index in [1.165, 1.54) is 10.6 Å². The average Bonchev–Trinajstić information content (AvgIpc) is 3.32. The van der Waals surface area contributed by atoms with Crippen LogP contribution in [0.1, 0.15) is 11.1 Å². The number of hydrogen-bond acceptors (Lipinski definition) is 5. The predicted octanol–water partition coefficient (Wildman–Crippen LogP) is 3.19. The molecule has 0 aliphatic carbocycles. The smallest absolute Gasteiger partial charge is 0.251 e. The fraction of sp³-hybridized carbons (Fsp3) is 0.269.